The Kier molecular flexibility index (Phi) is 6.34. The molecule has 1 saturated carbocycles. The molecule has 8 nitrogen and oxygen atoms in total. The lowest BCUT2D eigenvalue weighted by Crippen LogP contribution is -2.43. The van der Waals surface area contributed by atoms with Gasteiger partial charge in [0, 0.05) is 18.0 Å². The summed E-state index contributed by atoms with van der Waals surface area (Å²) in [5, 5.41) is 11.3. The van der Waals surface area contributed by atoms with Gasteiger partial charge in [0.05, 0.1) is 12.8 Å². The molecule has 0 saturated heterocycles. The first-order valence-electron chi connectivity index (χ1n) is 10.2. The van der Waals surface area contributed by atoms with Crippen LogP contribution in [0.5, 0.6) is 5.75 Å². The van der Waals surface area contributed by atoms with E-state index in [9.17, 15) is 4.79 Å². The molecule has 0 spiro atoms. The molecule has 2 N–H and O–H groups in total. The molecule has 0 unspecified atom stereocenters. The highest BCUT2D eigenvalue weighted by Gasteiger charge is 2.31. The Hall–Kier alpha value is -3.26. The van der Waals surface area contributed by atoms with Gasteiger partial charge in [0.25, 0.3) is 0 Å². The molecule has 4 rings (SSSR count). The Morgan fingerprint density at radius 3 is 2.77 bits per heavy atom. The second kappa shape index (κ2) is 9.49. The summed E-state index contributed by atoms with van der Waals surface area (Å²) < 4.78 is 7.03. The summed E-state index contributed by atoms with van der Waals surface area (Å²) in [6.07, 6.45) is 5.74. The maximum atomic E-state index is 12.9. The monoisotopic (exact) mass is 406 g/mol. The summed E-state index contributed by atoms with van der Waals surface area (Å²) >= 11 is 0. The number of carbonyl (C=O) groups is 1. The number of hydrazine groups is 1. The van der Waals surface area contributed by atoms with E-state index in [2.05, 4.69) is 38.5 Å². The number of nitrogens with one attached hydrogen (secondary N) is 2. The minimum absolute atomic E-state index is 0.0249. The molecule has 1 aromatic heterocycles. The van der Waals surface area contributed by atoms with Crippen LogP contribution in [-0.4, -0.2) is 33.2 Å². The topological polar surface area (TPSA) is 94.0 Å². The third-order valence-corrected chi connectivity index (χ3v) is 5.70. The summed E-state index contributed by atoms with van der Waals surface area (Å²) in [4.78, 5) is 12.9. The normalized spacial score (nSPS) is 18.7. The molecule has 0 radical (unpaired) electrons. The number of amides is 1. The summed E-state index contributed by atoms with van der Waals surface area (Å²) in [5.41, 5.74) is 8.95. The van der Waals surface area contributed by atoms with Crippen molar-refractivity contribution in [2.45, 2.75) is 38.1 Å². The number of aromatic nitrogens is 4. The van der Waals surface area contributed by atoms with Crippen molar-refractivity contribution >= 4 is 5.91 Å². The van der Waals surface area contributed by atoms with Crippen molar-refractivity contribution in [2.75, 3.05) is 7.11 Å². The number of methoxy groups -OCH3 is 1. The molecule has 30 heavy (non-hydrogen) atoms. The highest BCUT2D eigenvalue weighted by Crippen LogP contribution is 2.37. The molecule has 2 aromatic carbocycles. The number of carbonyl (C=O) groups excluding carboxylic acids is 1. The number of ether oxygens (including phenoxy) is 1. The fourth-order valence-corrected chi connectivity index (χ4v) is 4.19. The Morgan fingerprint density at radius 2 is 2.00 bits per heavy atom. The van der Waals surface area contributed by atoms with E-state index in [1.807, 2.05) is 36.4 Å². The molecular weight excluding hydrogens is 380 g/mol. The molecule has 3 aromatic rings. The summed E-state index contributed by atoms with van der Waals surface area (Å²) in [6.45, 7) is 0.424. The molecule has 1 amide bonds. The predicted molar refractivity (Wildman–Crippen MR) is 112 cm³/mol. The quantitative estimate of drug-likeness (QED) is 0.586. The van der Waals surface area contributed by atoms with Crippen molar-refractivity contribution in [2.24, 2.45) is 5.92 Å². The van der Waals surface area contributed by atoms with Crippen LogP contribution in [0, 0.1) is 5.92 Å². The van der Waals surface area contributed by atoms with E-state index in [1.54, 1.807) is 11.8 Å². The zero-order chi connectivity index (χ0) is 20.8. The Labute approximate surface area is 175 Å². The van der Waals surface area contributed by atoms with Gasteiger partial charge in [-0.3, -0.25) is 10.2 Å². The number of tetrazole rings is 1. The van der Waals surface area contributed by atoms with Crippen molar-refractivity contribution in [3.63, 3.8) is 0 Å². The third-order valence-electron chi connectivity index (χ3n) is 5.70. The zero-order valence-electron chi connectivity index (χ0n) is 17.0. The van der Waals surface area contributed by atoms with Gasteiger partial charge in [-0.2, -0.15) is 0 Å². The molecular formula is C22H26N6O2. The Bertz CT molecular complexity index is 961. The van der Waals surface area contributed by atoms with Crippen LogP contribution in [0.15, 0.2) is 54.9 Å². The Morgan fingerprint density at radius 1 is 1.17 bits per heavy atom. The smallest absolute Gasteiger partial charge is 0.237 e. The van der Waals surface area contributed by atoms with E-state index in [-0.39, 0.29) is 17.7 Å². The fraction of sp³-hybridized carbons (Fsp3) is 0.364. The van der Waals surface area contributed by atoms with E-state index >= 15 is 0 Å². The van der Waals surface area contributed by atoms with E-state index in [1.165, 1.54) is 11.9 Å². The average Bonchev–Trinajstić information content (AvgIpc) is 3.34. The van der Waals surface area contributed by atoms with Crippen LogP contribution >= 0.6 is 0 Å². The molecule has 156 valence electrons. The molecule has 1 aliphatic rings. The summed E-state index contributed by atoms with van der Waals surface area (Å²) in [7, 11) is 1.63. The van der Waals surface area contributed by atoms with Crippen LogP contribution in [0.2, 0.25) is 0 Å². The molecule has 1 heterocycles. The maximum absolute atomic E-state index is 12.9. The molecule has 1 fully saturated rings. The minimum atomic E-state index is -0.0249. The van der Waals surface area contributed by atoms with Crippen molar-refractivity contribution in [3.8, 4) is 11.4 Å². The summed E-state index contributed by atoms with van der Waals surface area (Å²) in [6, 6.07) is 16.0. The lowest BCUT2D eigenvalue weighted by molar-refractivity contribution is -0.127. The van der Waals surface area contributed by atoms with Crippen molar-refractivity contribution in [1.82, 2.24) is 31.1 Å². The van der Waals surface area contributed by atoms with Crippen LogP contribution in [0.1, 0.15) is 42.7 Å². The maximum Gasteiger partial charge on any atom is 0.237 e. The van der Waals surface area contributed by atoms with Crippen LogP contribution in [0.3, 0.4) is 0 Å². The number of benzene rings is 2. The van der Waals surface area contributed by atoms with Crippen molar-refractivity contribution < 1.29 is 9.53 Å². The number of rotatable bonds is 7. The fourth-order valence-electron chi connectivity index (χ4n) is 4.19. The molecule has 0 bridgehead atoms. The average molecular weight is 406 g/mol. The van der Waals surface area contributed by atoms with Gasteiger partial charge in [0.15, 0.2) is 0 Å². The highest BCUT2D eigenvalue weighted by atomic mass is 16.5. The van der Waals surface area contributed by atoms with Gasteiger partial charge >= 0.3 is 0 Å². The zero-order valence-corrected chi connectivity index (χ0v) is 17.0. The third kappa shape index (κ3) is 4.49. The second-order valence-electron chi connectivity index (χ2n) is 7.50. The van der Waals surface area contributed by atoms with Gasteiger partial charge in [-0.1, -0.05) is 43.2 Å². The number of hydrogen-bond donors (Lipinski definition) is 2. The van der Waals surface area contributed by atoms with E-state index in [0.717, 1.165) is 42.7 Å². The van der Waals surface area contributed by atoms with Gasteiger partial charge in [-0.25, -0.2) is 10.1 Å². The predicted octanol–water partition coefficient (Wildman–Crippen LogP) is 2.77. The van der Waals surface area contributed by atoms with Crippen molar-refractivity contribution in [1.29, 1.82) is 0 Å². The largest absolute Gasteiger partial charge is 0.496 e. The van der Waals surface area contributed by atoms with Gasteiger partial charge in [-0.15, -0.1) is 5.10 Å². The van der Waals surface area contributed by atoms with Crippen molar-refractivity contribution in [3.05, 3.63) is 66.0 Å². The minimum Gasteiger partial charge on any atom is -0.496 e. The van der Waals surface area contributed by atoms with Crippen LogP contribution in [-0.2, 0) is 11.3 Å². The SMILES string of the molecule is COc1ccc(-n2cnnn2)cc1CNNC(=O)[C@H]1CCCC[C@@H]1c1ccccc1. The van der Waals surface area contributed by atoms with Crippen LogP contribution in [0.25, 0.3) is 5.69 Å². The molecule has 1 aliphatic carbocycles. The van der Waals surface area contributed by atoms with Gasteiger partial charge in [0.1, 0.15) is 12.1 Å². The standard InChI is InChI=1S/C22H26N6O2/c1-30-21-12-11-18(28-15-24-26-27-28)13-17(21)14-23-25-22(29)20-10-6-5-9-19(20)16-7-3-2-4-8-16/h2-4,7-8,11-13,15,19-20,23H,5-6,9-10,14H2,1H3,(H,25,29)/t19-,20+/m1/s1. The van der Waals surface area contributed by atoms with Gasteiger partial charge in [0.2, 0.25) is 5.91 Å². The van der Waals surface area contributed by atoms with E-state index in [0.29, 0.717) is 6.54 Å². The van der Waals surface area contributed by atoms with Gasteiger partial charge < -0.3 is 4.74 Å². The number of nitrogens with zero attached hydrogens (tertiary/aromatic N) is 4. The summed E-state index contributed by atoms with van der Waals surface area (Å²) in [5.74, 6) is 1.01. The molecule has 2 atom stereocenters. The highest BCUT2D eigenvalue weighted by molar-refractivity contribution is 5.79. The molecule has 8 heteroatoms. The van der Waals surface area contributed by atoms with Crippen LogP contribution < -0.4 is 15.6 Å². The molecule has 0 aliphatic heterocycles. The lowest BCUT2D eigenvalue weighted by Gasteiger charge is -2.31. The first-order valence-corrected chi connectivity index (χ1v) is 10.2. The first kappa shape index (κ1) is 20.0. The van der Waals surface area contributed by atoms with E-state index in [4.69, 9.17) is 4.74 Å². The second-order valence-corrected chi connectivity index (χ2v) is 7.50. The number of hydrogen-bond acceptors (Lipinski definition) is 6. The first-order chi connectivity index (χ1) is 14.8. The van der Waals surface area contributed by atoms with Gasteiger partial charge in [-0.05, 0) is 52.9 Å². The Balaban J connectivity index is 1.41. The van der Waals surface area contributed by atoms with E-state index < -0.39 is 0 Å². The van der Waals surface area contributed by atoms with Crippen LogP contribution in [0.4, 0.5) is 0 Å². The lowest BCUT2D eigenvalue weighted by atomic mass is 9.75.